The van der Waals surface area contributed by atoms with E-state index >= 15 is 0 Å². The Kier molecular flexibility index (Phi) is 6.66. The Balaban J connectivity index is 1.65. The molecular formula is C27H18Cl2F2N6. The summed E-state index contributed by atoms with van der Waals surface area (Å²) in [5, 5.41) is 17.3. The first-order valence-corrected chi connectivity index (χ1v) is 11.8. The fourth-order valence-corrected chi connectivity index (χ4v) is 4.48. The van der Waals surface area contributed by atoms with Crippen LogP contribution in [-0.2, 0) is 7.05 Å². The van der Waals surface area contributed by atoms with Crippen LogP contribution in [0.25, 0.3) is 10.9 Å². The molecule has 0 bridgehead atoms. The average molecular weight is 535 g/mol. The maximum atomic E-state index is 13.7. The summed E-state index contributed by atoms with van der Waals surface area (Å²) in [5.41, 5.74) is 3.07. The van der Waals surface area contributed by atoms with E-state index in [1.165, 1.54) is 36.5 Å². The molecule has 2 aromatic heterocycles. The summed E-state index contributed by atoms with van der Waals surface area (Å²) < 4.78 is 29.2. The molecule has 37 heavy (non-hydrogen) atoms. The largest absolute Gasteiger partial charge is 0.370 e. The Labute approximate surface area is 221 Å². The molecule has 10 heteroatoms. The molecule has 1 unspecified atom stereocenters. The second kappa shape index (κ2) is 10.1. The van der Waals surface area contributed by atoms with Crippen LogP contribution >= 0.6 is 23.2 Å². The van der Waals surface area contributed by atoms with E-state index in [1.54, 1.807) is 30.5 Å². The second-order valence-electron chi connectivity index (χ2n) is 8.29. The number of halogens is 4. The smallest absolute Gasteiger partial charge is 0.141 e. The van der Waals surface area contributed by atoms with Crippen molar-refractivity contribution in [1.29, 1.82) is 5.26 Å². The molecule has 1 atom stereocenters. The van der Waals surface area contributed by atoms with E-state index in [0.29, 0.717) is 38.8 Å². The molecule has 0 amide bonds. The quantitative estimate of drug-likeness (QED) is 0.237. The lowest BCUT2D eigenvalue weighted by Gasteiger charge is -2.22. The maximum Gasteiger partial charge on any atom is 0.141 e. The topological polar surface area (TPSA) is 78.6 Å². The first kappa shape index (κ1) is 24.5. The monoisotopic (exact) mass is 534 g/mol. The van der Waals surface area contributed by atoms with Gasteiger partial charge in [-0.05, 0) is 48.0 Å². The highest BCUT2D eigenvalue weighted by molar-refractivity contribution is 6.32. The zero-order chi connectivity index (χ0) is 26.1. The van der Waals surface area contributed by atoms with Crippen molar-refractivity contribution >= 4 is 51.2 Å². The minimum Gasteiger partial charge on any atom is -0.370 e. The lowest BCUT2D eigenvalue weighted by Crippen LogP contribution is -2.17. The van der Waals surface area contributed by atoms with Crippen molar-refractivity contribution in [2.45, 2.75) is 6.04 Å². The van der Waals surface area contributed by atoms with Gasteiger partial charge in [0.15, 0.2) is 0 Å². The first-order chi connectivity index (χ1) is 17.8. The summed E-state index contributed by atoms with van der Waals surface area (Å²) in [6.07, 6.45) is 4.94. The van der Waals surface area contributed by atoms with Gasteiger partial charge in [0.2, 0.25) is 0 Å². The molecule has 0 saturated carbocycles. The summed E-state index contributed by atoms with van der Waals surface area (Å²) in [7, 11) is 1.86. The first-order valence-electron chi connectivity index (χ1n) is 11.1. The van der Waals surface area contributed by atoms with Crippen molar-refractivity contribution in [2.24, 2.45) is 7.05 Å². The number of nitrogens with zero attached hydrogens (tertiary/aromatic N) is 4. The predicted octanol–water partition coefficient (Wildman–Crippen LogP) is 7.37. The maximum absolute atomic E-state index is 13.7. The fraction of sp³-hybridized carbons (Fsp3) is 0.0741. The van der Waals surface area contributed by atoms with Gasteiger partial charge in [-0.2, -0.15) is 5.26 Å². The molecule has 0 radical (unpaired) electrons. The Morgan fingerprint density at radius 2 is 1.81 bits per heavy atom. The zero-order valence-corrected chi connectivity index (χ0v) is 20.8. The van der Waals surface area contributed by atoms with E-state index in [4.69, 9.17) is 23.2 Å². The average Bonchev–Trinajstić information content (AvgIpc) is 3.31. The van der Waals surface area contributed by atoms with Crippen LogP contribution in [0.15, 0.2) is 73.2 Å². The van der Waals surface area contributed by atoms with Gasteiger partial charge >= 0.3 is 0 Å². The highest BCUT2D eigenvalue weighted by Crippen LogP contribution is 2.37. The number of aryl methyl sites for hydroxylation is 1. The van der Waals surface area contributed by atoms with Crippen molar-refractivity contribution in [1.82, 2.24) is 14.5 Å². The second-order valence-corrected chi connectivity index (χ2v) is 9.13. The van der Waals surface area contributed by atoms with Gasteiger partial charge in [-0.15, -0.1) is 0 Å². The van der Waals surface area contributed by atoms with E-state index in [-0.39, 0.29) is 16.4 Å². The number of rotatable bonds is 6. The van der Waals surface area contributed by atoms with Crippen molar-refractivity contribution in [3.8, 4) is 6.07 Å². The Morgan fingerprint density at radius 3 is 2.49 bits per heavy atom. The molecule has 0 aliphatic carbocycles. The van der Waals surface area contributed by atoms with Gasteiger partial charge in [-0.25, -0.2) is 13.8 Å². The molecule has 184 valence electrons. The summed E-state index contributed by atoms with van der Waals surface area (Å²) in [6.45, 7) is 0. The van der Waals surface area contributed by atoms with Crippen LogP contribution in [0.3, 0.4) is 0 Å². The Morgan fingerprint density at radius 1 is 1.03 bits per heavy atom. The molecule has 6 nitrogen and oxygen atoms in total. The van der Waals surface area contributed by atoms with Crippen LogP contribution < -0.4 is 10.6 Å². The van der Waals surface area contributed by atoms with Crippen LogP contribution in [0, 0.1) is 23.0 Å². The molecular weight excluding hydrogens is 517 g/mol. The molecule has 0 fully saturated rings. The third-order valence-corrected chi connectivity index (χ3v) is 6.37. The zero-order valence-electron chi connectivity index (χ0n) is 19.3. The van der Waals surface area contributed by atoms with Crippen molar-refractivity contribution < 1.29 is 8.78 Å². The number of nitrogens with one attached hydrogen (secondary N) is 2. The van der Waals surface area contributed by atoms with E-state index in [0.717, 1.165) is 5.56 Å². The van der Waals surface area contributed by atoms with E-state index in [9.17, 15) is 14.0 Å². The van der Waals surface area contributed by atoms with Gasteiger partial charge in [0.1, 0.15) is 29.6 Å². The van der Waals surface area contributed by atoms with Crippen LogP contribution in [-0.4, -0.2) is 14.5 Å². The molecule has 2 heterocycles. The highest BCUT2D eigenvalue weighted by Gasteiger charge is 2.21. The number of fused-ring (bicyclic) bond motifs is 1. The molecule has 3 aromatic carbocycles. The van der Waals surface area contributed by atoms with Gasteiger partial charge < -0.3 is 15.2 Å². The number of imidazole rings is 1. The fourth-order valence-electron chi connectivity index (χ4n) is 4.08. The Hall–Kier alpha value is -4.19. The molecule has 2 N–H and O–H groups in total. The molecule has 5 aromatic rings. The van der Waals surface area contributed by atoms with E-state index < -0.39 is 11.9 Å². The van der Waals surface area contributed by atoms with Crippen molar-refractivity contribution in [2.75, 3.05) is 10.6 Å². The highest BCUT2D eigenvalue weighted by atomic mass is 35.5. The number of nitriles is 1. The minimum absolute atomic E-state index is 0.0561. The SMILES string of the molecule is Cn1ccnc1C(Nc1cc(Cl)cc2c(Nc3ccc(F)c(Cl)c3)c(C#N)cnc12)c1ccc(F)cc1. The number of hydrogen-bond donors (Lipinski definition) is 2. The van der Waals surface area contributed by atoms with E-state index in [2.05, 4.69) is 26.7 Å². The summed E-state index contributed by atoms with van der Waals surface area (Å²) >= 11 is 12.5. The normalized spacial score (nSPS) is 11.8. The minimum atomic E-state index is -0.553. The number of aromatic nitrogens is 3. The molecule has 0 aliphatic rings. The molecule has 0 saturated heterocycles. The van der Waals surface area contributed by atoms with Gasteiger partial charge in [0, 0.05) is 41.7 Å². The summed E-state index contributed by atoms with van der Waals surface area (Å²) in [6, 6.07) is 15.4. The van der Waals surface area contributed by atoms with E-state index in [1.807, 2.05) is 17.8 Å². The van der Waals surface area contributed by atoms with Crippen molar-refractivity contribution in [3.05, 3.63) is 112 Å². The number of pyridine rings is 1. The van der Waals surface area contributed by atoms with Gasteiger partial charge in [-0.3, -0.25) is 4.98 Å². The van der Waals surface area contributed by atoms with Gasteiger partial charge in [0.25, 0.3) is 0 Å². The molecule has 5 rings (SSSR count). The number of anilines is 3. The molecule has 0 spiro atoms. The predicted molar refractivity (Wildman–Crippen MR) is 141 cm³/mol. The lowest BCUT2D eigenvalue weighted by atomic mass is 10.0. The van der Waals surface area contributed by atoms with Crippen molar-refractivity contribution in [3.63, 3.8) is 0 Å². The van der Waals surface area contributed by atoms with Crippen LogP contribution in [0.4, 0.5) is 25.8 Å². The third-order valence-electron chi connectivity index (χ3n) is 5.87. The standard InChI is InChI=1S/C27H18Cl2F2N6/c1-37-9-8-33-27(37)25(15-2-4-18(30)5-3-15)36-23-11-17(28)10-20-24(16(13-32)14-34-26(20)23)35-19-6-7-22(31)21(29)12-19/h2-12,14,25,36H,1H3,(H,34,35). The summed E-state index contributed by atoms with van der Waals surface area (Å²) in [4.78, 5) is 9.02. The Bertz CT molecular complexity index is 1660. The van der Waals surface area contributed by atoms with Crippen LogP contribution in [0.5, 0.6) is 0 Å². The van der Waals surface area contributed by atoms with Gasteiger partial charge in [0.05, 0.1) is 27.5 Å². The number of hydrogen-bond acceptors (Lipinski definition) is 5. The number of benzene rings is 3. The lowest BCUT2D eigenvalue weighted by molar-refractivity contribution is 0.626. The van der Waals surface area contributed by atoms with Crippen LogP contribution in [0.1, 0.15) is 23.0 Å². The van der Waals surface area contributed by atoms with Crippen LogP contribution in [0.2, 0.25) is 10.0 Å². The third kappa shape index (κ3) is 4.92. The van der Waals surface area contributed by atoms with Gasteiger partial charge in [-0.1, -0.05) is 35.3 Å². The summed E-state index contributed by atoms with van der Waals surface area (Å²) in [5.74, 6) is -0.214. The molecule has 0 aliphatic heterocycles.